The summed E-state index contributed by atoms with van der Waals surface area (Å²) in [5, 5.41) is 43.4. The van der Waals surface area contributed by atoms with Crippen LogP contribution in [0.1, 0.15) is 40.0 Å². The highest BCUT2D eigenvalue weighted by Crippen LogP contribution is 2.07. The van der Waals surface area contributed by atoms with Gasteiger partial charge < -0.3 is 26.0 Å². The van der Waals surface area contributed by atoms with Crippen LogP contribution < -0.4 is 21.4 Å². The van der Waals surface area contributed by atoms with E-state index in [4.69, 9.17) is 5.41 Å². The maximum absolute atomic E-state index is 12.6. The molecule has 0 rings (SSSR count). The summed E-state index contributed by atoms with van der Waals surface area (Å²) in [6.07, 6.45) is 0.877. The molecule has 0 spiro atoms. The van der Waals surface area contributed by atoms with E-state index in [1.165, 1.54) is 11.8 Å². The fourth-order valence-electron chi connectivity index (χ4n) is 2.40. The zero-order valence-corrected chi connectivity index (χ0v) is 17.8. The zero-order valence-electron chi connectivity index (χ0n) is 16.9. The number of amides is 2. The lowest BCUT2D eigenvalue weighted by molar-refractivity contribution is -0.525. The van der Waals surface area contributed by atoms with Gasteiger partial charge in [-0.15, -0.1) is 0 Å². The number of guanidine groups is 1. The molecule has 12 nitrogen and oxygen atoms in total. The van der Waals surface area contributed by atoms with Gasteiger partial charge in [0.15, 0.2) is 5.03 Å². The minimum atomic E-state index is -1.73. The third-order valence-electron chi connectivity index (χ3n) is 3.68. The first-order chi connectivity index (χ1) is 13.6. The fourth-order valence-corrected chi connectivity index (χ4v) is 2.87. The Morgan fingerprint density at radius 1 is 1.28 bits per heavy atom. The van der Waals surface area contributed by atoms with Crippen molar-refractivity contribution in [1.29, 1.82) is 5.41 Å². The van der Waals surface area contributed by atoms with Gasteiger partial charge in [-0.3, -0.25) is 15.0 Å². The SMILES string of the molecule is CCSCC(=O)N[C@@H](CCCNC(=N)N[N+](=O)[O-])C(=O)N[C@@H](CC(C)C)B(O)O. The number of nitrogens with zero attached hydrogens (tertiary/aromatic N) is 1. The summed E-state index contributed by atoms with van der Waals surface area (Å²) in [6, 6.07) is -0.909. The summed E-state index contributed by atoms with van der Waals surface area (Å²) in [5.74, 6) is -1.18. The van der Waals surface area contributed by atoms with E-state index in [0.717, 1.165) is 5.75 Å². The van der Waals surface area contributed by atoms with Gasteiger partial charge in [0.25, 0.3) is 5.96 Å². The molecule has 2 amide bonds. The molecule has 0 aromatic rings. The van der Waals surface area contributed by atoms with Crippen LogP contribution in [0.25, 0.3) is 0 Å². The Bertz CT molecular complexity index is 553. The molecule has 2 atom stereocenters. The molecule has 0 aromatic carbocycles. The molecule has 166 valence electrons. The molecule has 0 unspecified atom stereocenters. The van der Waals surface area contributed by atoms with Crippen molar-refractivity contribution >= 4 is 36.7 Å². The Kier molecular flexibility index (Phi) is 13.8. The summed E-state index contributed by atoms with van der Waals surface area (Å²) in [7, 11) is -1.73. The van der Waals surface area contributed by atoms with Gasteiger partial charge in [-0.25, -0.2) is 10.1 Å². The molecule has 7 N–H and O–H groups in total. The molecule has 29 heavy (non-hydrogen) atoms. The smallest absolute Gasteiger partial charge is 0.426 e. The third kappa shape index (κ3) is 13.7. The maximum atomic E-state index is 12.6. The van der Waals surface area contributed by atoms with E-state index in [-0.39, 0.29) is 30.5 Å². The molecule has 0 saturated carbocycles. The number of hydrogen-bond acceptors (Lipinski definition) is 8. The lowest BCUT2D eigenvalue weighted by Crippen LogP contribution is -2.54. The molecule has 0 bridgehead atoms. The lowest BCUT2D eigenvalue weighted by atomic mass is 9.75. The first-order valence-electron chi connectivity index (χ1n) is 9.33. The maximum Gasteiger partial charge on any atom is 0.475 e. The van der Waals surface area contributed by atoms with Gasteiger partial charge in [0.1, 0.15) is 6.04 Å². The molecule has 0 fully saturated rings. The van der Waals surface area contributed by atoms with Gasteiger partial charge in [0.2, 0.25) is 11.8 Å². The van der Waals surface area contributed by atoms with Gasteiger partial charge >= 0.3 is 7.12 Å². The number of nitrogens with one attached hydrogen (secondary N) is 5. The van der Waals surface area contributed by atoms with Crippen molar-refractivity contribution in [1.82, 2.24) is 21.4 Å². The van der Waals surface area contributed by atoms with E-state index >= 15 is 0 Å². The monoisotopic (exact) mass is 434 g/mol. The van der Waals surface area contributed by atoms with Crippen molar-refractivity contribution in [3.8, 4) is 0 Å². The molecular formula is C15H31BN6O6S. The van der Waals surface area contributed by atoms with E-state index in [1.807, 2.05) is 20.8 Å². The van der Waals surface area contributed by atoms with Crippen molar-refractivity contribution < 1.29 is 24.7 Å². The average molecular weight is 434 g/mol. The van der Waals surface area contributed by atoms with Crippen molar-refractivity contribution in [3.05, 3.63) is 10.1 Å². The van der Waals surface area contributed by atoms with Crippen LogP contribution in [0, 0.1) is 21.4 Å². The van der Waals surface area contributed by atoms with Crippen LogP contribution in [0.5, 0.6) is 0 Å². The van der Waals surface area contributed by atoms with Crippen LogP contribution >= 0.6 is 11.8 Å². The molecule has 0 aliphatic carbocycles. The minimum absolute atomic E-state index is 0.111. The van der Waals surface area contributed by atoms with E-state index in [2.05, 4.69) is 16.0 Å². The number of carbonyl (C=O) groups is 2. The topological polar surface area (TPSA) is 190 Å². The highest BCUT2D eigenvalue weighted by Gasteiger charge is 2.29. The lowest BCUT2D eigenvalue weighted by Gasteiger charge is -2.24. The van der Waals surface area contributed by atoms with Crippen LogP contribution in [-0.4, -0.2) is 70.0 Å². The number of rotatable bonds is 14. The average Bonchev–Trinajstić information content (AvgIpc) is 2.60. The Morgan fingerprint density at radius 2 is 1.93 bits per heavy atom. The molecule has 0 aliphatic heterocycles. The number of hydrazine groups is 1. The second-order valence-electron chi connectivity index (χ2n) is 6.73. The number of carbonyl (C=O) groups excluding carboxylic acids is 2. The van der Waals surface area contributed by atoms with Crippen molar-refractivity contribution in [2.24, 2.45) is 5.92 Å². The minimum Gasteiger partial charge on any atom is -0.426 e. The highest BCUT2D eigenvalue weighted by atomic mass is 32.2. The molecule has 0 saturated heterocycles. The fraction of sp³-hybridized carbons (Fsp3) is 0.800. The molecular weight excluding hydrogens is 403 g/mol. The Hall–Kier alpha value is -2.06. The van der Waals surface area contributed by atoms with Crippen LogP contribution in [0.4, 0.5) is 0 Å². The summed E-state index contributed by atoms with van der Waals surface area (Å²) >= 11 is 1.40. The van der Waals surface area contributed by atoms with Crippen LogP contribution in [0.2, 0.25) is 0 Å². The zero-order chi connectivity index (χ0) is 22.4. The first-order valence-corrected chi connectivity index (χ1v) is 10.5. The largest absolute Gasteiger partial charge is 0.475 e. The third-order valence-corrected chi connectivity index (χ3v) is 4.55. The van der Waals surface area contributed by atoms with Crippen molar-refractivity contribution in [2.45, 2.75) is 52.0 Å². The second-order valence-corrected chi connectivity index (χ2v) is 8.00. The van der Waals surface area contributed by atoms with E-state index in [1.54, 1.807) is 5.43 Å². The summed E-state index contributed by atoms with van der Waals surface area (Å²) in [6.45, 7) is 5.83. The van der Waals surface area contributed by atoms with Gasteiger partial charge in [0.05, 0.1) is 11.7 Å². The van der Waals surface area contributed by atoms with Crippen molar-refractivity contribution in [3.63, 3.8) is 0 Å². The van der Waals surface area contributed by atoms with Gasteiger partial charge in [-0.1, -0.05) is 26.2 Å². The summed E-state index contributed by atoms with van der Waals surface area (Å²) in [4.78, 5) is 34.9. The van der Waals surface area contributed by atoms with Crippen LogP contribution in [0.3, 0.4) is 0 Å². The standard InChI is InChI=1S/C15H31BN6O6S/c1-4-29-9-13(23)19-11(6-5-7-18-15(17)21-22(27)28)14(24)20-12(16(25)26)8-10(2)3/h10-12,25-26H,4-9H2,1-3H3,(H,19,23)(H,20,24)(H3,17,18,21)/t11-,12-/m0/s1. The Balaban J connectivity index is 4.84. The van der Waals surface area contributed by atoms with Gasteiger partial charge in [0, 0.05) is 6.54 Å². The first kappa shape index (κ1) is 26.9. The molecule has 0 aliphatic rings. The normalized spacial score (nSPS) is 12.6. The van der Waals surface area contributed by atoms with Gasteiger partial charge in [-0.2, -0.15) is 11.8 Å². The molecule has 0 aromatic heterocycles. The molecule has 14 heteroatoms. The number of thioether (sulfide) groups is 1. The highest BCUT2D eigenvalue weighted by molar-refractivity contribution is 7.99. The summed E-state index contributed by atoms with van der Waals surface area (Å²) in [5.41, 5.74) is 1.65. The molecule has 0 radical (unpaired) electrons. The quantitative estimate of drug-likeness (QED) is 0.0442. The van der Waals surface area contributed by atoms with Crippen molar-refractivity contribution in [2.75, 3.05) is 18.1 Å². The molecule has 0 heterocycles. The number of hydrogen-bond donors (Lipinski definition) is 7. The second kappa shape index (κ2) is 14.9. The predicted molar refractivity (Wildman–Crippen MR) is 112 cm³/mol. The number of nitro groups is 1. The van der Waals surface area contributed by atoms with Crippen LogP contribution in [-0.2, 0) is 9.59 Å². The predicted octanol–water partition coefficient (Wildman–Crippen LogP) is -1.15. The van der Waals surface area contributed by atoms with E-state index in [0.29, 0.717) is 12.8 Å². The van der Waals surface area contributed by atoms with Gasteiger partial charge in [-0.05, 0) is 30.9 Å². The van der Waals surface area contributed by atoms with E-state index < -0.39 is 36.0 Å². The Morgan fingerprint density at radius 3 is 2.45 bits per heavy atom. The van der Waals surface area contributed by atoms with E-state index in [9.17, 15) is 29.8 Å². The Labute approximate surface area is 174 Å². The van der Waals surface area contributed by atoms with Crippen LogP contribution in [0.15, 0.2) is 0 Å². The summed E-state index contributed by atoms with van der Waals surface area (Å²) < 4.78 is 0.